The van der Waals surface area contributed by atoms with E-state index in [9.17, 15) is 9.59 Å². The van der Waals surface area contributed by atoms with Gasteiger partial charge >= 0.3 is 0 Å². The quantitative estimate of drug-likeness (QED) is 0.731. The predicted octanol–water partition coefficient (Wildman–Crippen LogP) is 3.88. The van der Waals surface area contributed by atoms with Gasteiger partial charge in [0.15, 0.2) is 6.61 Å². The summed E-state index contributed by atoms with van der Waals surface area (Å²) in [6.45, 7) is 2.75. The SMILES string of the molecule is CCC(=O)Nc1ccc2c(c1)N(CCCOc1ccc(Cl)cc1)C(=O)CO2. The number of hydrogen-bond acceptors (Lipinski definition) is 4. The van der Waals surface area contributed by atoms with Crippen LogP contribution in [0.2, 0.25) is 5.02 Å². The highest BCUT2D eigenvalue weighted by molar-refractivity contribution is 6.30. The van der Waals surface area contributed by atoms with Gasteiger partial charge in [0.05, 0.1) is 12.3 Å². The number of anilines is 2. The number of nitrogens with one attached hydrogen (secondary N) is 1. The minimum absolute atomic E-state index is 0.00566. The Bertz CT molecular complexity index is 823. The van der Waals surface area contributed by atoms with Crippen molar-refractivity contribution >= 4 is 34.8 Å². The number of carbonyl (C=O) groups is 2. The third-order valence-corrected chi connectivity index (χ3v) is 4.37. The summed E-state index contributed by atoms with van der Waals surface area (Å²) in [5, 5.41) is 3.46. The van der Waals surface area contributed by atoms with Crippen molar-refractivity contribution in [3.8, 4) is 11.5 Å². The van der Waals surface area contributed by atoms with Crippen LogP contribution in [0.3, 0.4) is 0 Å². The van der Waals surface area contributed by atoms with Crippen LogP contribution in [0, 0.1) is 0 Å². The molecule has 142 valence electrons. The van der Waals surface area contributed by atoms with Crippen LogP contribution in [-0.2, 0) is 9.59 Å². The van der Waals surface area contributed by atoms with E-state index in [0.29, 0.717) is 48.1 Å². The molecule has 0 bridgehead atoms. The summed E-state index contributed by atoms with van der Waals surface area (Å²) in [5.74, 6) is 1.16. The highest BCUT2D eigenvalue weighted by Crippen LogP contribution is 2.34. The number of rotatable bonds is 7. The lowest BCUT2D eigenvalue weighted by atomic mass is 10.2. The molecule has 0 spiro atoms. The van der Waals surface area contributed by atoms with Gasteiger partial charge in [-0.3, -0.25) is 9.59 Å². The normalized spacial score (nSPS) is 13.0. The van der Waals surface area contributed by atoms with Gasteiger partial charge in [0, 0.05) is 23.7 Å². The van der Waals surface area contributed by atoms with E-state index in [1.54, 1.807) is 54.3 Å². The molecule has 2 aromatic rings. The van der Waals surface area contributed by atoms with E-state index in [0.717, 1.165) is 5.75 Å². The van der Waals surface area contributed by atoms with Crippen molar-refractivity contribution in [2.45, 2.75) is 19.8 Å². The summed E-state index contributed by atoms with van der Waals surface area (Å²) in [4.78, 5) is 25.6. The summed E-state index contributed by atoms with van der Waals surface area (Å²) in [5.41, 5.74) is 1.30. The molecule has 0 atom stereocenters. The lowest BCUT2D eigenvalue weighted by molar-refractivity contribution is -0.121. The molecule has 27 heavy (non-hydrogen) atoms. The third-order valence-electron chi connectivity index (χ3n) is 4.12. The van der Waals surface area contributed by atoms with Crippen LogP contribution in [0.4, 0.5) is 11.4 Å². The molecule has 1 aliphatic heterocycles. The largest absolute Gasteiger partial charge is 0.494 e. The summed E-state index contributed by atoms with van der Waals surface area (Å²) in [6, 6.07) is 12.4. The number of fused-ring (bicyclic) bond motifs is 1. The molecule has 0 saturated carbocycles. The fraction of sp³-hybridized carbons (Fsp3) is 0.300. The summed E-state index contributed by atoms with van der Waals surface area (Å²) < 4.78 is 11.2. The average Bonchev–Trinajstić information content (AvgIpc) is 2.68. The van der Waals surface area contributed by atoms with Gasteiger partial charge in [0.1, 0.15) is 11.5 Å². The molecular formula is C20H21ClN2O4. The van der Waals surface area contributed by atoms with Crippen LogP contribution in [0.15, 0.2) is 42.5 Å². The molecule has 0 radical (unpaired) electrons. The molecule has 3 rings (SSSR count). The highest BCUT2D eigenvalue weighted by atomic mass is 35.5. The first-order chi connectivity index (χ1) is 13.1. The highest BCUT2D eigenvalue weighted by Gasteiger charge is 2.25. The first-order valence-electron chi connectivity index (χ1n) is 8.82. The Kier molecular flexibility index (Phi) is 6.19. The number of benzene rings is 2. The van der Waals surface area contributed by atoms with Crippen molar-refractivity contribution < 1.29 is 19.1 Å². The van der Waals surface area contributed by atoms with Crippen molar-refractivity contribution in [2.24, 2.45) is 0 Å². The maximum atomic E-state index is 12.3. The van der Waals surface area contributed by atoms with Gasteiger partial charge in [-0.2, -0.15) is 0 Å². The van der Waals surface area contributed by atoms with Crippen LogP contribution in [-0.4, -0.2) is 31.6 Å². The number of hydrogen-bond donors (Lipinski definition) is 1. The number of amides is 2. The second-order valence-corrected chi connectivity index (χ2v) is 6.51. The van der Waals surface area contributed by atoms with Crippen LogP contribution in [0.1, 0.15) is 19.8 Å². The molecule has 6 nitrogen and oxygen atoms in total. The second kappa shape index (κ2) is 8.77. The van der Waals surface area contributed by atoms with Gasteiger partial charge in [0.2, 0.25) is 5.91 Å². The van der Waals surface area contributed by atoms with Crippen LogP contribution >= 0.6 is 11.6 Å². The fourth-order valence-electron chi connectivity index (χ4n) is 2.72. The topological polar surface area (TPSA) is 67.9 Å². The molecule has 2 amide bonds. The number of nitrogens with zero attached hydrogens (tertiary/aromatic N) is 1. The van der Waals surface area contributed by atoms with E-state index in [1.807, 2.05) is 0 Å². The lowest BCUT2D eigenvalue weighted by Gasteiger charge is -2.29. The van der Waals surface area contributed by atoms with E-state index < -0.39 is 0 Å². The molecule has 0 aromatic heterocycles. The van der Waals surface area contributed by atoms with Crippen LogP contribution < -0.4 is 19.7 Å². The number of ether oxygens (including phenoxy) is 2. The Hall–Kier alpha value is -2.73. The molecule has 1 aliphatic rings. The van der Waals surface area contributed by atoms with E-state index in [4.69, 9.17) is 21.1 Å². The fourth-order valence-corrected chi connectivity index (χ4v) is 2.84. The first kappa shape index (κ1) is 19.0. The molecular weight excluding hydrogens is 368 g/mol. The van der Waals surface area contributed by atoms with E-state index in [2.05, 4.69) is 5.32 Å². The third kappa shape index (κ3) is 4.92. The Morgan fingerprint density at radius 3 is 2.78 bits per heavy atom. The first-order valence-corrected chi connectivity index (χ1v) is 9.20. The van der Waals surface area contributed by atoms with E-state index >= 15 is 0 Å². The molecule has 0 aliphatic carbocycles. The maximum absolute atomic E-state index is 12.3. The lowest BCUT2D eigenvalue weighted by Crippen LogP contribution is -2.39. The number of halogens is 1. The van der Waals surface area contributed by atoms with E-state index in [-0.39, 0.29) is 18.4 Å². The average molecular weight is 389 g/mol. The maximum Gasteiger partial charge on any atom is 0.265 e. The van der Waals surface area contributed by atoms with Crippen molar-refractivity contribution in [3.05, 3.63) is 47.5 Å². The summed E-state index contributed by atoms with van der Waals surface area (Å²) in [7, 11) is 0. The Balaban J connectivity index is 1.63. The van der Waals surface area contributed by atoms with Gasteiger partial charge in [0.25, 0.3) is 5.91 Å². The van der Waals surface area contributed by atoms with Crippen molar-refractivity contribution in [1.82, 2.24) is 0 Å². The molecule has 0 unspecified atom stereocenters. The minimum Gasteiger partial charge on any atom is -0.494 e. The zero-order chi connectivity index (χ0) is 19.2. The summed E-state index contributed by atoms with van der Waals surface area (Å²) >= 11 is 5.85. The Labute approximate surface area is 163 Å². The van der Waals surface area contributed by atoms with Crippen LogP contribution in [0.25, 0.3) is 0 Å². The Morgan fingerprint density at radius 2 is 2.04 bits per heavy atom. The van der Waals surface area contributed by atoms with Gasteiger partial charge in [-0.25, -0.2) is 0 Å². The van der Waals surface area contributed by atoms with Crippen LogP contribution in [0.5, 0.6) is 11.5 Å². The summed E-state index contributed by atoms with van der Waals surface area (Å²) in [6.07, 6.45) is 1.04. The molecule has 7 heteroatoms. The second-order valence-electron chi connectivity index (χ2n) is 6.07. The molecule has 0 saturated heterocycles. The molecule has 1 N–H and O–H groups in total. The van der Waals surface area contributed by atoms with Crippen molar-refractivity contribution in [1.29, 1.82) is 0 Å². The zero-order valence-corrected chi connectivity index (χ0v) is 15.8. The minimum atomic E-state index is -0.118. The molecule has 2 aromatic carbocycles. The van der Waals surface area contributed by atoms with Gasteiger partial charge in [-0.15, -0.1) is 0 Å². The van der Waals surface area contributed by atoms with Crippen molar-refractivity contribution in [3.63, 3.8) is 0 Å². The Morgan fingerprint density at radius 1 is 1.26 bits per heavy atom. The predicted molar refractivity (Wildman–Crippen MR) is 105 cm³/mol. The molecule has 1 heterocycles. The van der Waals surface area contributed by atoms with Gasteiger partial charge < -0.3 is 19.7 Å². The van der Waals surface area contributed by atoms with Gasteiger partial charge in [-0.05, 0) is 48.9 Å². The molecule has 0 fully saturated rings. The monoisotopic (exact) mass is 388 g/mol. The van der Waals surface area contributed by atoms with E-state index in [1.165, 1.54) is 0 Å². The standard InChI is InChI=1S/C20H21ClN2O4/c1-2-19(24)22-15-6-9-18-17(12-15)23(20(25)13-27-18)10-3-11-26-16-7-4-14(21)5-8-16/h4-9,12H,2-3,10-11,13H2,1H3,(H,22,24). The number of carbonyl (C=O) groups excluding carboxylic acids is 2. The zero-order valence-electron chi connectivity index (χ0n) is 15.0. The smallest absolute Gasteiger partial charge is 0.265 e. The van der Waals surface area contributed by atoms with Gasteiger partial charge in [-0.1, -0.05) is 18.5 Å². The van der Waals surface area contributed by atoms with Crippen molar-refractivity contribution in [2.75, 3.05) is 30.0 Å².